The molecule has 1 aliphatic heterocycles. The molecule has 2 aromatic carbocycles. The van der Waals surface area contributed by atoms with Crippen LogP contribution in [0.25, 0.3) is 11.0 Å². The van der Waals surface area contributed by atoms with Gasteiger partial charge in [0.05, 0.1) is 4.90 Å². The first-order chi connectivity index (χ1) is 13.9. The number of hydrogen-bond acceptors (Lipinski definition) is 5. The van der Waals surface area contributed by atoms with Crippen LogP contribution in [0.4, 0.5) is 0 Å². The standard InChI is InChI=1S/C21H21N3O4S/c1-15(20-14-16-7-2-3-10-19(16)28-20)22-23-21(25)17-8-6-9-18(13-17)29(26,27)24-11-4-5-12-24/h2-3,6-10,13-14H,4-5,11-12H2,1H3,(H,23,25)/b22-15+. The third kappa shape index (κ3) is 3.94. The minimum Gasteiger partial charge on any atom is -0.455 e. The molecule has 2 heterocycles. The van der Waals surface area contributed by atoms with Crippen LogP contribution in [-0.2, 0) is 10.0 Å². The number of sulfonamides is 1. The number of nitrogens with zero attached hydrogens (tertiary/aromatic N) is 2. The van der Waals surface area contributed by atoms with Crippen LogP contribution in [0.2, 0.25) is 0 Å². The summed E-state index contributed by atoms with van der Waals surface area (Å²) in [4.78, 5) is 12.6. The molecule has 150 valence electrons. The highest BCUT2D eigenvalue weighted by atomic mass is 32.2. The number of furan rings is 1. The summed E-state index contributed by atoms with van der Waals surface area (Å²) < 4.78 is 32.6. The van der Waals surface area contributed by atoms with Gasteiger partial charge in [-0.3, -0.25) is 4.79 Å². The molecule has 29 heavy (non-hydrogen) atoms. The summed E-state index contributed by atoms with van der Waals surface area (Å²) in [5.41, 5.74) is 3.95. The van der Waals surface area contributed by atoms with Gasteiger partial charge in [-0.1, -0.05) is 24.3 Å². The summed E-state index contributed by atoms with van der Waals surface area (Å²) in [6.45, 7) is 2.76. The maximum absolute atomic E-state index is 12.7. The Labute approximate surface area is 169 Å². The van der Waals surface area contributed by atoms with Crippen molar-refractivity contribution in [2.24, 2.45) is 5.10 Å². The Morgan fingerprint density at radius 1 is 1.07 bits per heavy atom. The van der Waals surface area contributed by atoms with Gasteiger partial charge >= 0.3 is 0 Å². The highest BCUT2D eigenvalue weighted by molar-refractivity contribution is 7.89. The second-order valence-electron chi connectivity index (χ2n) is 6.93. The molecule has 4 rings (SSSR count). The van der Waals surface area contributed by atoms with Crippen LogP contribution in [0.3, 0.4) is 0 Å². The minimum atomic E-state index is -3.58. The molecule has 8 heteroatoms. The van der Waals surface area contributed by atoms with Crippen molar-refractivity contribution in [3.63, 3.8) is 0 Å². The number of carbonyl (C=O) groups excluding carboxylic acids is 1. The average Bonchev–Trinajstić information content (AvgIpc) is 3.42. The molecule has 0 unspecified atom stereocenters. The summed E-state index contributed by atoms with van der Waals surface area (Å²) in [6.07, 6.45) is 1.71. The lowest BCUT2D eigenvalue weighted by atomic mass is 10.2. The number of rotatable bonds is 5. The van der Waals surface area contributed by atoms with Crippen molar-refractivity contribution in [3.8, 4) is 0 Å². The van der Waals surface area contributed by atoms with Crippen LogP contribution in [0, 0.1) is 0 Å². The molecule has 0 spiro atoms. The van der Waals surface area contributed by atoms with Crippen LogP contribution in [0.15, 0.2) is 69.0 Å². The maximum atomic E-state index is 12.7. The van der Waals surface area contributed by atoms with E-state index in [1.54, 1.807) is 19.1 Å². The van der Waals surface area contributed by atoms with Gasteiger partial charge in [0.2, 0.25) is 10.0 Å². The number of amides is 1. The number of benzene rings is 2. The molecule has 1 aromatic heterocycles. The van der Waals surface area contributed by atoms with Gasteiger partial charge in [-0.2, -0.15) is 9.41 Å². The van der Waals surface area contributed by atoms with Crippen LogP contribution >= 0.6 is 0 Å². The smallest absolute Gasteiger partial charge is 0.271 e. The van der Waals surface area contributed by atoms with Crippen LogP contribution in [0.1, 0.15) is 35.9 Å². The Bertz CT molecular complexity index is 1160. The molecule has 0 atom stereocenters. The molecule has 1 aliphatic rings. The SMILES string of the molecule is C/C(=N\NC(=O)c1cccc(S(=O)(=O)N2CCCC2)c1)c1cc2ccccc2o1. The van der Waals surface area contributed by atoms with Crippen molar-refractivity contribution in [3.05, 3.63) is 65.9 Å². The Morgan fingerprint density at radius 2 is 1.83 bits per heavy atom. The first-order valence-corrected chi connectivity index (χ1v) is 10.8. The van der Waals surface area contributed by atoms with Crippen molar-refractivity contribution in [1.29, 1.82) is 0 Å². The molecule has 7 nitrogen and oxygen atoms in total. The molecule has 0 bridgehead atoms. The van der Waals surface area contributed by atoms with E-state index < -0.39 is 15.9 Å². The first-order valence-electron chi connectivity index (χ1n) is 9.39. The largest absolute Gasteiger partial charge is 0.455 e. The molecule has 1 saturated heterocycles. The lowest BCUT2D eigenvalue weighted by molar-refractivity contribution is 0.0954. The zero-order valence-corrected chi connectivity index (χ0v) is 16.8. The Hall–Kier alpha value is -2.97. The minimum absolute atomic E-state index is 0.116. The van der Waals surface area contributed by atoms with E-state index >= 15 is 0 Å². The van der Waals surface area contributed by atoms with Crippen molar-refractivity contribution >= 4 is 32.6 Å². The first kappa shape index (κ1) is 19.4. The Morgan fingerprint density at radius 3 is 2.59 bits per heavy atom. The zero-order chi connectivity index (χ0) is 20.4. The number of hydrogen-bond donors (Lipinski definition) is 1. The van der Waals surface area contributed by atoms with E-state index in [2.05, 4.69) is 10.5 Å². The van der Waals surface area contributed by atoms with Crippen LogP contribution in [-0.4, -0.2) is 37.4 Å². The van der Waals surface area contributed by atoms with E-state index in [1.165, 1.54) is 16.4 Å². The third-order valence-corrected chi connectivity index (χ3v) is 6.80. The Kier molecular flexibility index (Phi) is 5.21. The van der Waals surface area contributed by atoms with E-state index in [9.17, 15) is 13.2 Å². The summed E-state index contributed by atoms with van der Waals surface area (Å²) in [5, 5.41) is 5.05. The summed E-state index contributed by atoms with van der Waals surface area (Å²) in [5.74, 6) is 0.0656. The van der Waals surface area contributed by atoms with E-state index in [0.717, 1.165) is 23.8 Å². The lowest BCUT2D eigenvalue weighted by Crippen LogP contribution is -2.28. The monoisotopic (exact) mass is 411 g/mol. The second-order valence-corrected chi connectivity index (χ2v) is 8.86. The fourth-order valence-electron chi connectivity index (χ4n) is 3.29. The maximum Gasteiger partial charge on any atom is 0.271 e. The third-order valence-electron chi connectivity index (χ3n) is 4.91. The van der Waals surface area contributed by atoms with Crippen molar-refractivity contribution in [2.45, 2.75) is 24.7 Å². The lowest BCUT2D eigenvalue weighted by Gasteiger charge is -2.15. The second kappa shape index (κ2) is 7.81. The van der Waals surface area contributed by atoms with Gasteiger partial charge in [0, 0.05) is 24.0 Å². The van der Waals surface area contributed by atoms with E-state index in [0.29, 0.717) is 24.6 Å². The molecule has 0 aliphatic carbocycles. The summed E-state index contributed by atoms with van der Waals surface area (Å²) >= 11 is 0. The quantitative estimate of drug-likeness (QED) is 0.515. The van der Waals surface area contributed by atoms with Crippen molar-refractivity contribution in [2.75, 3.05) is 13.1 Å². The van der Waals surface area contributed by atoms with Crippen molar-refractivity contribution in [1.82, 2.24) is 9.73 Å². The number of nitrogens with one attached hydrogen (secondary N) is 1. The van der Waals surface area contributed by atoms with Gasteiger partial charge in [-0.15, -0.1) is 0 Å². The van der Waals surface area contributed by atoms with Gasteiger partial charge < -0.3 is 4.42 Å². The van der Waals surface area contributed by atoms with Crippen molar-refractivity contribution < 1.29 is 17.6 Å². The number of carbonyl (C=O) groups is 1. The fraction of sp³-hybridized carbons (Fsp3) is 0.238. The molecule has 3 aromatic rings. The normalized spacial score (nSPS) is 15.7. The van der Waals surface area contributed by atoms with E-state index in [4.69, 9.17) is 4.42 Å². The molecule has 1 fully saturated rings. The molecule has 0 saturated carbocycles. The topological polar surface area (TPSA) is 92.0 Å². The molecule has 1 N–H and O–H groups in total. The summed E-state index contributed by atoms with van der Waals surface area (Å²) in [6, 6.07) is 15.5. The number of fused-ring (bicyclic) bond motifs is 1. The van der Waals surface area contributed by atoms with Gasteiger partial charge in [0.1, 0.15) is 11.3 Å². The highest BCUT2D eigenvalue weighted by Crippen LogP contribution is 2.22. The number of hydrazone groups is 1. The van der Waals surface area contributed by atoms with E-state index in [-0.39, 0.29) is 10.5 Å². The number of para-hydroxylation sites is 1. The highest BCUT2D eigenvalue weighted by Gasteiger charge is 2.27. The average molecular weight is 411 g/mol. The fourth-order valence-corrected chi connectivity index (χ4v) is 4.85. The van der Waals surface area contributed by atoms with Gasteiger partial charge in [0.15, 0.2) is 5.76 Å². The molecule has 0 radical (unpaired) electrons. The predicted molar refractivity (Wildman–Crippen MR) is 110 cm³/mol. The van der Waals surface area contributed by atoms with E-state index in [1.807, 2.05) is 30.3 Å². The van der Waals surface area contributed by atoms with Gasteiger partial charge in [-0.25, -0.2) is 13.8 Å². The predicted octanol–water partition coefficient (Wildman–Crippen LogP) is 3.37. The zero-order valence-electron chi connectivity index (χ0n) is 16.0. The van der Waals surface area contributed by atoms with Gasteiger partial charge in [-0.05, 0) is 50.1 Å². The summed E-state index contributed by atoms with van der Waals surface area (Å²) in [7, 11) is -3.58. The van der Waals surface area contributed by atoms with Gasteiger partial charge in [0.25, 0.3) is 5.91 Å². The molecular weight excluding hydrogens is 390 g/mol. The Balaban J connectivity index is 1.51. The van der Waals surface area contributed by atoms with Crippen LogP contribution in [0.5, 0.6) is 0 Å². The molecular formula is C21H21N3O4S. The van der Waals surface area contributed by atoms with Crippen LogP contribution < -0.4 is 5.43 Å². The molecule has 1 amide bonds.